The number of thiophene rings is 1. The van der Waals surface area contributed by atoms with Crippen molar-refractivity contribution in [1.29, 1.82) is 0 Å². The lowest BCUT2D eigenvalue weighted by Crippen LogP contribution is -1.96. The van der Waals surface area contributed by atoms with Gasteiger partial charge in [0, 0.05) is 17.7 Å². The number of Topliss-reactive ketones (excluding diaryl/α,β-unsaturated/α-hetero) is 1. The Kier molecular flexibility index (Phi) is 5.25. The molecule has 0 fully saturated rings. The third kappa shape index (κ3) is 4.30. The molecule has 1 N–H and O–H groups in total. The smallest absolute Gasteiger partial charge is 0.208 e. The van der Waals surface area contributed by atoms with E-state index in [1.807, 2.05) is 29.6 Å². The summed E-state index contributed by atoms with van der Waals surface area (Å²) in [5.41, 5.74) is 2.25. The van der Waals surface area contributed by atoms with Crippen LogP contribution in [0.3, 0.4) is 0 Å². The van der Waals surface area contributed by atoms with Crippen molar-refractivity contribution in [2.45, 2.75) is 24.9 Å². The Bertz CT molecular complexity index is 764. The van der Waals surface area contributed by atoms with E-state index in [-0.39, 0.29) is 5.78 Å². The van der Waals surface area contributed by atoms with Crippen molar-refractivity contribution in [1.82, 2.24) is 15.2 Å². The number of H-pyrrole nitrogens is 1. The number of nitrogens with zero attached hydrogens (tertiary/aromatic N) is 2. The number of carbonyl (C=O) groups excluding carboxylic acids is 1. The largest absolute Gasteiger partial charge is 0.293 e. The summed E-state index contributed by atoms with van der Waals surface area (Å²) in [5.74, 6) is 1.83. The molecule has 4 nitrogen and oxygen atoms in total. The SMILES string of the molecule is Cc1ccc(-c2nc(SCCCC(=O)c3cccs3)n[nH]2)cc1. The molecule has 1 aromatic carbocycles. The van der Waals surface area contributed by atoms with Crippen molar-refractivity contribution in [2.75, 3.05) is 5.75 Å². The van der Waals surface area contributed by atoms with Gasteiger partial charge in [0.25, 0.3) is 0 Å². The van der Waals surface area contributed by atoms with Crippen LogP contribution in [0, 0.1) is 6.92 Å². The summed E-state index contributed by atoms with van der Waals surface area (Å²) in [4.78, 5) is 17.2. The van der Waals surface area contributed by atoms with Crippen LogP contribution in [-0.2, 0) is 0 Å². The van der Waals surface area contributed by atoms with Gasteiger partial charge in [0.15, 0.2) is 11.6 Å². The lowest BCUT2D eigenvalue weighted by Gasteiger charge is -1.97. The van der Waals surface area contributed by atoms with Crippen molar-refractivity contribution < 1.29 is 4.79 Å². The van der Waals surface area contributed by atoms with Crippen LogP contribution in [-0.4, -0.2) is 26.7 Å². The number of benzene rings is 1. The van der Waals surface area contributed by atoms with Gasteiger partial charge in [-0.1, -0.05) is 47.7 Å². The summed E-state index contributed by atoms with van der Waals surface area (Å²) < 4.78 is 0. The molecule has 0 radical (unpaired) electrons. The van der Waals surface area contributed by atoms with Gasteiger partial charge in [-0.25, -0.2) is 4.98 Å². The number of ketones is 1. The number of rotatable bonds is 7. The maximum atomic E-state index is 11.9. The van der Waals surface area contributed by atoms with Crippen LogP contribution >= 0.6 is 23.1 Å². The molecule has 0 saturated heterocycles. The van der Waals surface area contributed by atoms with Gasteiger partial charge in [0.1, 0.15) is 0 Å². The highest BCUT2D eigenvalue weighted by Crippen LogP contribution is 2.21. The van der Waals surface area contributed by atoms with E-state index in [4.69, 9.17) is 0 Å². The first kappa shape index (κ1) is 16.0. The fourth-order valence-corrected chi connectivity index (χ4v) is 3.54. The molecule has 2 heterocycles. The van der Waals surface area contributed by atoms with E-state index in [0.717, 1.165) is 33.6 Å². The Morgan fingerprint density at radius 1 is 1.26 bits per heavy atom. The zero-order valence-corrected chi connectivity index (χ0v) is 14.4. The molecule has 0 aliphatic carbocycles. The zero-order chi connectivity index (χ0) is 16.1. The summed E-state index contributed by atoms with van der Waals surface area (Å²) in [6.45, 7) is 2.06. The van der Waals surface area contributed by atoms with Gasteiger partial charge >= 0.3 is 0 Å². The molecular weight excluding hydrogens is 326 g/mol. The molecule has 0 aliphatic heterocycles. The molecule has 3 rings (SSSR count). The topological polar surface area (TPSA) is 58.6 Å². The number of carbonyl (C=O) groups is 1. The number of aryl methyl sites for hydroxylation is 1. The van der Waals surface area contributed by atoms with Gasteiger partial charge in [-0.15, -0.1) is 16.4 Å². The molecule has 0 spiro atoms. The van der Waals surface area contributed by atoms with Crippen molar-refractivity contribution in [3.8, 4) is 11.4 Å². The highest BCUT2D eigenvalue weighted by atomic mass is 32.2. The molecule has 0 aliphatic rings. The first-order valence-electron chi connectivity index (χ1n) is 7.41. The van der Waals surface area contributed by atoms with E-state index in [0.29, 0.717) is 6.42 Å². The van der Waals surface area contributed by atoms with Crippen LogP contribution in [0.2, 0.25) is 0 Å². The zero-order valence-electron chi connectivity index (χ0n) is 12.8. The van der Waals surface area contributed by atoms with E-state index < -0.39 is 0 Å². The van der Waals surface area contributed by atoms with Crippen LogP contribution in [0.5, 0.6) is 0 Å². The molecule has 3 aromatic rings. The quantitative estimate of drug-likeness (QED) is 0.387. The number of nitrogens with one attached hydrogen (secondary N) is 1. The second kappa shape index (κ2) is 7.57. The standard InChI is InChI=1S/C17H17N3OS2/c1-12-6-8-13(9-7-12)16-18-17(20-19-16)23-11-2-4-14(21)15-5-3-10-22-15/h3,5-10H,2,4,11H2,1H3,(H,18,19,20). The molecule has 0 amide bonds. The average molecular weight is 343 g/mol. The second-order valence-corrected chi connectivity index (χ2v) is 7.19. The molecule has 0 unspecified atom stereocenters. The van der Waals surface area contributed by atoms with Crippen molar-refractivity contribution in [2.24, 2.45) is 0 Å². The molecule has 0 saturated carbocycles. The Morgan fingerprint density at radius 3 is 2.83 bits per heavy atom. The van der Waals surface area contributed by atoms with Gasteiger partial charge < -0.3 is 0 Å². The molecular formula is C17H17N3OS2. The lowest BCUT2D eigenvalue weighted by molar-refractivity contribution is 0.0986. The van der Waals surface area contributed by atoms with Gasteiger partial charge in [-0.3, -0.25) is 9.89 Å². The molecule has 6 heteroatoms. The van der Waals surface area contributed by atoms with Crippen LogP contribution < -0.4 is 0 Å². The van der Waals surface area contributed by atoms with Gasteiger partial charge in [-0.05, 0) is 24.8 Å². The number of thioether (sulfide) groups is 1. The highest BCUT2D eigenvalue weighted by Gasteiger charge is 2.08. The van der Waals surface area contributed by atoms with Gasteiger partial charge in [-0.2, -0.15) is 0 Å². The summed E-state index contributed by atoms with van der Waals surface area (Å²) in [7, 11) is 0. The number of aromatic amines is 1. The Balaban J connectivity index is 1.48. The van der Waals surface area contributed by atoms with Gasteiger partial charge in [0.2, 0.25) is 5.16 Å². The number of hydrogen-bond acceptors (Lipinski definition) is 5. The maximum absolute atomic E-state index is 11.9. The highest BCUT2D eigenvalue weighted by molar-refractivity contribution is 7.99. The fourth-order valence-electron chi connectivity index (χ4n) is 2.11. The minimum Gasteiger partial charge on any atom is -0.293 e. The predicted molar refractivity (Wildman–Crippen MR) is 95.2 cm³/mol. The number of aromatic nitrogens is 3. The van der Waals surface area contributed by atoms with E-state index >= 15 is 0 Å². The molecule has 23 heavy (non-hydrogen) atoms. The molecule has 118 valence electrons. The molecule has 0 atom stereocenters. The summed E-state index contributed by atoms with van der Waals surface area (Å²) in [5, 5.41) is 9.85. The summed E-state index contributed by atoms with van der Waals surface area (Å²) in [6, 6.07) is 12.0. The lowest BCUT2D eigenvalue weighted by atomic mass is 10.1. The third-order valence-corrected chi connectivity index (χ3v) is 5.21. The molecule has 0 bridgehead atoms. The van der Waals surface area contributed by atoms with Crippen LogP contribution in [0.15, 0.2) is 46.9 Å². The minimum absolute atomic E-state index is 0.218. The predicted octanol–water partition coefficient (Wildman–Crippen LogP) is 4.60. The second-order valence-electron chi connectivity index (χ2n) is 5.19. The van der Waals surface area contributed by atoms with E-state index in [1.54, 1.807) is 11.8 Å². The van der Waals surface area contributed by atoms with E-state index in [1.165, 1.54) is 16.9 Å². The maximum Gasteiger partial charge on any atom is 0.208 e. The first-order chi connectivity index (χ1) is 11.2. The Morgan fingerprint density at radius 2 is 2.09 bits per heavy atom. The van der Waals surface area contributed by atoms with E-state index in [2.05, 4.69) is 34.2 Å². The summed E-state index contributed by atoms with van der Waals surface area (Å²) in [6.07, 6.45) is 1.40. The van der Waals surface area contributed by atoms with Crippen LogP contribution in [0.1, 0.15) is 28.1 Å². The minimum atomic E-state index is 0.218. The monoisotopic (exact) mass is 343 g/mol. The van der Waals surface area contributed by atoms with Crippen LogP contribution in [0.25, 0.3) is 11.4 Å². The van der Waals surface area contributed by atoms with Crippen LogP contribution in [0.4, 0.5) is 0 Å². The Labute approximate surface area is 143 Å². The van der Waals surface area contributed by atoms with Crippen molar-refractivity contribution >= 4 is 28.9 Å². The van der Waals surface area contributed by atoms with Gasteiger partial charge in [0.05, 0.1) is 4.88 Å². The Hall–Kier alpha value is -1.92. The average Bonchev–Trinajstić information content (AvgIpc) is 3.24. The normalized spacial score (nSPS) is 10.8. The van der Waals surface area contributed by atoms with Crippen molar-refractivity contribution in [3.05, 3.63) is 52.2 Å². The summed E-state index contributed by atoms with van der Waals surface area (Å²) >= 11 is 3.08. The molecule has 2 aromatic heterocycles. The fraction of sp³-hybridized carbons (Fsp3) is 0.235. The third-order valence-electron chi connectivity index (χ3n) is 3.37. The number of hydrogen-bond donors (Lipinski definition) is 1. The first-order valence-corrected chi connectivity index (χ1v) is 9.28. The van der Waals surface area contributed by atoms with E-state index in [9.17, 15) is 4.79 Å². The van der Waals surface area contributed by atoms with Crippen molar-refractivity contribution in [3.63, 3.8) is 0 Å².